The number of rotatable bonds is 5. The van der Waals surface area contributed by atoms with Gasteiger partial charge in [-0.05, 0) is 37.5 Å². The zero-order valence-corrected chi connectivity index (χ0v) is 14.4. The molecular weight excluding hydrogens is 318 g/mol. The van der Waals surface area contributed by atoms with Gasteiger partial charge >= 0.3 is 0 Å². The van der Waals surface area contributed by atoms with E-state index in [1.807, 2.05) is 25.1 Å². The molecule has 0 saturated carbocycles. The van der Waals surface area contributed by atoms with E-state index >= 15 is 0 Å². The summed E-state index contributed by atoms with van der Waals surface area (Å²) in [5.74, 6) is 0.665. The van der Waals surface area contributed by atoms with Crippen LogP contribution in [-0.4, -0.2) is 26.1 Å². The van der Waals surface area contributed by atoms with E-state index in [1.54, 1.807) is 22.9 Å². The number of nitrogens with zero attached hydrogens (tertiary/aromatic N) is 5. The lowest BCUT2D eigenvalue weighted by atomic mass is 10.1. The Bertz CT molecular complexity index is 1010. The van der Waals surface area contributed by atoms with Crippen LogP contribution in [0.15, 0.2) is 35.1 Å². The third-order valence-corrected chi connectivity index (χ3v) is 3.69. The summed E-state index contributed by atoms with van der Waals surface area (Å²) < 4.78 is 2.68. The fourth-order valence-electron chi connectivity index (χ4n) is 2.74. The summed E-state index contributed by atoms with van der Waals surface area (Å²) in [5.41, 5.74) is 1.95. The van der Waals surface area contributed by atoms with Crippen molar-refractivity contribution in [2.24, 2.45) is 5.92 Å². The second-order valence-corrected chi connectivity index (χ2v) is 6.25. The Morgan fingerprint density at radius 1 is 1.32 bits per heavy atom. The van der Waals surface area contributed by atoms with E-state index in [0.29, 0.717) is 16.8 Å². The van der Waals surface area contributed by atoms with E-state index in [1.165, 1.54) is 0 Å². The molecule has 1 aromatic carbocycles. The highest BCUT2D eigenvalue weighted by Gasteiger charge is 2.18. The average Bonchev–Trinajstić information content (AvgIpc) is 2.93. The zero-order valence-electron chi connectivity index (χ0n) is 14.4. The molecule has 0 atom stereocenters. The molecule has 128 valence electrons. The second kappa shape index (κ2) is 6.77. The maximum absolute atomic E-state index is 12.8. The number of hydrogen-bond acceptors (Lipinski definition) is 5. The summed E-state index contributed by atoms with van der Waals surface area (Å²) in [4.78, 5) is 22.8. The van der Waals surface area contributed by atoms with Crippen LogP contribution in [0.4, 0.5) is 0 Å². The lowest BCUT2D eigenvalue weighted by molar-refractivity contribution is 0.125. The standard InChI is InChI=1S/C18H19N5O2/c1-12(2)10-14-11-13(3)21-22(14)18-20-16-7-5-4-6-15(16)17(24)23(18)25-9-8-19/h4-7,11-12H,9-10H2,1-3H3. The zero-order chi connectivity index (χ0) is 18.0. The monoisotopic (exact) mass is 337 g/mol. The maximum atomic E-state index is 12.8. The van der Waals surface area contributed by atoms with Gasteiger partial charge in [-0.3, -0.25) is 4.79 Å². The van der Waals surface area contributed by atoms with Crippen molar-refractivity contribution in [2.45, 2.75) is 27.2 Å². The van der Waals surface area contributed by atoms with Crippen molar-refractivity contribution in [1.82, 2.24) is 19.5 Å². The molecule has 3 rings (SSSR count). The van der Waals surface area contributed by atoms with Gasteiger partial charge in [-0.2, -0.15) is 10.4 Å². The Labute approximate surface area is 145 Å². The van der Waals surface area contributed by atoms with Gasteiger partial charge in [0.15, 0.2) is 0 Å². The van der Waals surface area contributed by atoms with Gasteiger partial charge in [-0.1, -0.05) is 26.0 Å². The van der Waals surface area contributed by atoms with Crippen molar-refractivity contribution in [3.8, 4) is 12.0 Å². The Morgan fingerprint density at radius 3 is 2.80 bits per heavy atom. The molecule has 0 unspecified atom stereocenters. The third kappa shape index (κ3) is 3.24. The minimum absolute atomic E-state index is 0.253. The average molecular weight is 337 g/mol. The summed E-state index contributed by atoms with van der Waals surface area (Å²) in [6.07, 6.45) is 0.780. The quantitative estimate of drug-likeness (QED) is 0.711. The van der Waals surface area contributed by atoms with E-state index < -0.39 is 0 Å². The van der Waals surface area contributed by atoms with E-state index in [9.17, 15) is 4.79 Å². The number of fused-ring (bicyclic) bond motifs is 1. The number of hydrogen-bond donors (Lipinski definition) is 0. The van der Waals surface area contributed by atoms with Crippen molar-refractivity contribution in [1.29, 1.82) is 5.26 Å². The molecular formula is C18H19N5O2. The lowest BCUT2D eigenvalue weighted by Crippen LogP contribution is -2.32. The van der Waals surface area contributed by atoms with Crippen molar-refractivity contribution in [3.63, 3.8) is 0 Å². The molecule has 0 spiro atoms. The molecule has 0 aliphatic rings. The topological polar surface area (TPSA) is 85.7 Å². The summed E-state index contributed by atoms with van der Waals surface area (Å²) in [6, 6.07) is 10.9. The van der Waals surface area contributed by atoms with Gasteiger partial charge < -0.3 is 4.84 Å². The normalized spacial score (nSPS) is 11.0. The Hall–Kier alpha value is -3.14. The van der Waals surface area contributed by atoms with Crippen LogP contribution < -0.4 is 10.4 Å². The van der Waals surface area contributed by atoms with Crippen LogP contribution in [-0.2, 0) is 6.42 Å². The molecule has 0 aliphatic carbocycles. The van der Waals surface area contributed by atoms with Crippen LogP contribution >= 0.6 is 0 Å². The predicted octanol–water partition coefficient (Wildman–Crippen LogP) is 2.04. The third-order valence-electron chi connectivity index (χ3n) is 3.69. The molecule has 0 amide bonds. The SMILES string of the molecule is Cc1cc(CC(C)C)n(-c2nc3ccccc3c(=O)n2OCC#N)n1. The van der Waals surface area contributed by atoms with Crippen molar-refractivity contribution >= 4 is 10.9 Å². The first-order chi connectivity index (χ1) is 12.0. The van der Waals surface area contributed by atoms with Gasteiger partial charge in [-0.25, -0.2) is 9.67 Å². The van der Waals surface area contributed by atoms with Gasteiger partial charge in [0.05, 0.1) is 16.6 Å². The summed E-state index contributed by atoms with van der Waals surface area (Å²) in [5, 5.41) is 13.7. The highest BCUT2D eigenvalue weighted by atomic mass is 16.7. The molecule has 0 N–H and O–H groups in total. The molecule has 2 heterocycles. The Kier molecular flexibility index (Phi) is 4.52. The minimum Gasteiger partial charge on any atom is -0.392 e. The molecule has 25 heavy (non-hydrogen) atoms. The number of para-hydroxylation sites is 1. The van der Waals surface area contributed by atoms with E-state index in [4.69, 9.17) is 10.1 Å². The van der Waals surface area contributed by atoms with Gasteiger partial charge in [0.25, 0.3) is 11.5 Å². The molecule has 3 aromatic rings. The molecule has 0 bridgehead atoms. The number of aromatic nitrogens is 4. The van der Waals surface area contributed by atoms with E-state index in [0.717, 1.165) is 22.5 Å². The first kappa shape index (κ1) is 16.7. The van der Waals surface area contributed by atoms with E-state index in [2.05, 4.69) is 23.9 Å². The Balaban J connectivity index is 2.28. The van der Waals surface area contributed by atoms with Gasteiger partial charge in [0.2, 0.25) is 6.61 Å². The van der Waals surface area contributed by atoms with Crippen LogP contribution in [0.25, 0.3) is 16.9 Å². The number of benzene rings is 1. The minimum atomic E-state index is -0.362. The second-order valence-electron chi connectivity index (χ2n) is 6.25. The van der Waals surface area contributed by atoms with Crippen LogP contribution in [0.2, 0.25) is 0 Å². The molecule has 0 fully saturated rings. The van der Waals surface area contributed by atoms with Crippen LogP contribution in [0.5, 0.6) is 0 Å². The fraction of sp³-hybridized carbons (Fsp3) is 0.333. The first-order valence-electron chi connectivity index (χ1n) is 8.09. The van der Waals surface area contributed by atoms with Gasteiger partial charge in [0, 0.05) is 5.69 Å². The molecule has 7 heteroatoms. The Morgan fingerprint density at radius 2 is 2.08 bits per heavy atom. The summed E-state index contributed by atoms with van der Waals surface area (Å²) >= 11 is 0. The van der Waals surface area contributed by atoms with Crippen LogP contribution in [0.1, 0.15) is 25.2 Å². The smallest absolute Gasteiger partial charge is 0.296 e. The van der Waals surface area contributed by atoms with E-state index in [-0.39, 0.29) is 18.1 Å². The summed E-state index contributed by atoms with van der Waals surface area (Å²) in [7, 11) is 0. The molecule has 0 aliphatic heterocycles. The fourth-order valence-corrected chi connectivity index (χ4v) is 2.74. The largest absolute Gasteiger partial charge is 0.392 e. The molecule has 0 radical (unpaired) electrons. The van der Waals surface area contributed by atoms with Crippen LogP contribution in [0, 0.1) is 24.2 Å². The predicted molar refractivity (Wildman–Crippen MR) is 93.5 cm³/mol. The molecule has 0 saturated heterocycles. The number of nitriles is 1. The summed E-state index contributed by atoms with van der Waals surface area (Å²) in [6.45, 7) is 5.85. The van der Waals surface area contributed by atoms with Gasteiger partial charge in [0.1, 0.15) is 6.07 Å². The maximum Gasteiger partial charge on any atom is 0.296 e. The highest BCUT2D eigenvalue weighted by molar-refractivity contribution is 5.77. The lowest BCUT2D eigenvalue weighted by Gasteiger charge is -2.14. The first-order valence-corrected chi connectivity index (χ1v) is 8.09. The molecule has 7 nitrogen and oxygen atoms in total. The van der Waals surface area contributed by atoms with Crippen LogP contribution in [0.3, 0.4) is 0 Å². The number of aryl methyl sites for hydroxylation is 1. The highest BCUT2D eigenvalue weighted by Crippen LogP contribution is 2.16. The van der Waals surface area contributed by atoms with Crippen molar-refractivity contribution in [2.75, 3.05) is 6.61 Å². The van der Waals surface area contributed by atoms with Gasteiger partial charge in [-0.15, -0.1) is 4.73 Å². The van der Waals surface area contributed by atoms with Crippen molar-refractivity contribution < 1.29 is 4.84 Å². The molecule has 2 aromatic heterocycles. The van der Waals surface area contributed by atoms with Crippen molar-refractivity contribution in [3.05, 3.63) is 52.1 Å².